The third kappa shape index (κ3) is 3.26. The van der Waals surface area contributed by atoms with Crippen LogP contribution in [0.2, 0.25) is 0 Å². The predicted molar refractivity (Wildman–Crippen MR) is 99.3 cm³/mol. The maximum Gasteiger partial charge on any atom is 0.260 e. The molecule has 146 valence electrons. The molecule has 2 aliphatic rings. The van der Waals surface area contributed by atoms with E-state index in [4.69, 9.17) is 10.5 Å². The van der Waals surface area contributed by atoms with Crippen LogP contribution in [-0.4, -0.2) is 37.6 Å². The third-order valence-corrected chi connectivity index (χ3v) is 5.02. The first-order valence-corrected chi connectivity index (χ1v) is 9.02. The van der Waals surface area contributed by atoms with Crippen molar-refractivity contribution in [2.24, 2.45) is 5.73 Å². The summed E-state index contributed by atoms with van der Waals surface area (Å²) in [7, 11) is 0. The lowest BCUT2D eigenvalue weighted by Crippen LogP contribution is -2.52. The molecule has 0 saturated heterocycles. The summed E-state index contributed by atoms with van der Waals surface area (Å²) in [4.78, 5) is 27.7. The largest absolute Gasteiger partial charge is 0.477 e. The molecule has 6 nitrogen and oxygen atoms in total. The second-order valence-electron chi connectivity index (χ2n) is 6.90. The van der Waals surface area contributed by atoms with Crippen molar-refractivity contribution in [1.29, 1.82) is 0 Å². The maximum absolute atomic E-state index is 14.4. The molecule has 0 bridgehead atoms. The summed E-state index contributed by atoms with van der Waals surface area (Å²) in [6, 6.07) is 8.99. The van der Waals surface area contributed by atoms with E-state index in [0.29, 0.717) is 36.4 Å². The molecule has 2 aliphatic heterocycles. The number of benzene rings is 2. The van der Waals surface area contributed by atoms with Gasteiger partial charge in [0.25, 0.3) is 5.91 Å². The van der Waals surface area contributed by atoms with Gasteiger partial charge in [-0.1, -0.05) is 12.1 Å². The number of carbonyl (C=O) groups excluding carboxylic acids is 2. The highest BCUT2D eigenvalue weighted by atomic mass is 19.1. The lowest BCUT2D eigenvalue weighted by Gasteiger charge is -2.36. The normalized spacial score (nSPS) is 18.1. The average molecular weight is 387 g/mol. The summed E-state index contributed by atoms with van der Waals surface area (Å²) < 4.78 is 33.5. The van der Waals surface area contributed by atoms with Gasteiger partial charge in [0.15, 0.2) is 6.10 Å². The van der Waals surface area contributed by atoms with Gasteiger partial charge in [0.2, 0.25) is 5.91 Å². The van der Waals surface area contributed by atoms with Gasteiger partial charge in [0.05, 0.1) is 24.5 Å². The molecule has 2 N–H and O–H groups in total. The molecule has 8 heteroatoms. The van der Waals surface area contributed by atoms with E-state index in [1.807, 2.05) is 0 Å². The Bertz CT molecular complexity index is 950. The Labute approximate surface area is 160 Å². The van der Waals surface area contributed by atoms with Crippen LogP contribution in [0, 0.1) is 11.6 Å². The number of para-hydroxylation sites is 2. The molecule has 0 aliphatic carbocycles. The molecule has 0 aromatic heterocycles. The molecule has 1 atom stereocenters. The Kier molecular flexibility index (Phi) is 4.62. The number of hydrogen-bond acceptors (Lipinski definition) is 4. The molecule has 2 amide bonds. The van der Waals surface area contributed by atoms with Gasteiger partial charge in [-0.05, 0) is 36.6 Å². The molecule has 28 heavy (non-hydrogen) atoms. The van der Waals surface area contributed by atoms with Gasteiger partial charge in [0, 0.05) is 12.6 Å². The monoisotopic (exact) mass is 387 g/mol. The van der Waals surface area contributed by atoms with Crippen LogP contribution in [0.25, 0.3) is 0 Å². The quantitative estimate of drug-likeness (QED) is 0.874. The zero-order chi connectivity index (χ0) is 19.8. The SMILES string of the molecule is NC(=O)C1CN(C(=O)CN2CCCc3cc(F)cc(F)c32)c2ccccc2O1. The summed E-state index contributed by atoms with van der Waals surface area (Å²) >= 11 is 0. The number of anilines is 2. The van der Waals surface area contributed by atoms with Crippen LogP contribution in [0.5, 0.6) is 5.75 Å². The van der Waals surface area contributed by atoms with Crippen molar-refractivity contribution < 1.29 is 23.1 Å². The third-order valence-electron chi connectivity index (χ3n) is 5.02. The van der Waals surface area contributed by atoms with E-state index < -0.39 is 23.6 Å². The Morgan fingerprint density at radius 1 is 1.21 bits per heavy atom. The first kappa shape index (κ1) is 18.2. The molecule has 1 unspecified atom stereocenters. The molecular formula is C20H19F2N3O3. The van der Waals surface area contributed by atoms with Gasteiger partial charge in [-0.2, -0.15) is 0 Å². The van der Waals surface area contributed by atoms with Crippen LogP contribution in [0.1, 0.15) is 12.0 Å². The van der Waals surface area contributed by atoms with E-state index in [-0.39, 0.29) is 24.7 Å². The van der Waals surface area contributed by atoms with Crippen molar-refractivity contribution in [3.8, 4) is 5.75 Å². The van der Waals surface area contributed by atoms with E-state index >= 15 is 0 Å². The molecule has 0 radical (unpaired) electrons. The number of nitrogens with zero attached hydrogens (tertiary/aromatic N) is 2. The van der Waals surface area contributed by atoms with Gasteiger partial charge >= 0.3 is 0 Å². The molecule has 2 aromatic carbocycles. The number of nitrogens with two attached hydrogens (primary N) is 1. The molecule has 4 rings (SSSR count). The lowest BCUT2D eigenvalue weighted by molar-refractivity contribution is -0.125. The van der Waals surface area contributed by atoms with Gasteiger partial charge in [0.1, 0.15) is 17.4 Å². The van der Waals surface area contributed by atoms with Crippen LogP contribution in [0.15, 0.2) is 36.4 Å². The highest BCUT2D eigenvalue weighted by Crippen LogP contribution is 2.35. The van der Waals surface area contributed by atoms with Gasteiger partial charge in [-0.15, -0.1) is 0 Å². The summed E-state index contributed by atoms with van der Waals surface area (Å²) in [6.07, 6.45) is 0.282. The second-order valence-corrected chi connectivity index (χ2v) is 6.90. The van der Waals surface area contributed by atoms with E-state index in [1.54, 1.807) is 29.2 Å². The lowest BCUT2D eigenvalue weighted by atomic mass is 10.0. The zero-order valence-electron chi connectivity index (χ0n) is 15.0. The topological polar surface area (TPSA) is 75.9 Å². The van der Waals surface area contributed by atoms with Crippen molar-refractivity contribution in [2.75, 3.05) is 29.4 Å². The minimum Gasteiger partial charge on any atom is -0.477 e. The second kappa shape index (κ2) is 7.10. The number of primary amides is 1. The van der Waals surface area contributed by atoms with E-state index in [0.717, 1.165) is 6.07 Å². The minimum absolute atomic E-state index is 0.0161. The fraction of sp³-hybridized carbons (Fsp3) is 0.300. The van der Waals surface area contributed by atoms with E-state index in [2.05, 4.69) is 0 Å². The smallest absolute Gasteiger partial charge is 0.260 e. The van der Waals surface area contributed by atoms with E-state index in [9.17, 15) is 18.4 Å². The fourth-order valence-corrected chi connectivity index (χ4v) is 3.76. The summed E-state index contributed by atoms with van der Waals surface area (Å²) in [6.45, 7) is 0.361. The Balaban J connectivity index is 1.62. The number of fused-ring (bicyclic) bond motifs is 2. The molecule has 0 spiro atoms. The summed E-state index contributed by atoms with van der Waals surface area (Å²) in [5, 5.41) is 0. The van der Waals surface area contributed by atoms with Crippen molar-refractivity contribution in [3.05, 3.63) is 53.6 Å². The minimum atomic E-state index is -0.960. The molecule has 0 fully saturated rings. The fourth-order valence-electron chi connectivity index (χ4n) is 3.76. The number of amides is 2. The number of hydrogen-bond donors (Lipinski definition) is 1. The molecule has 2 heterocycles. The first-order valence-electron chi connectivity index (χ1n) is 9.02. The van der Waals surface area contributed by atoms with Crippen molar-refractivity contribution in [3.63, 3.8) is 0 Å². The maximum atomic E-state index is 14.4. The van der Waals surface area contributed by atoms with Crippen LogP contribution >= 0.6 is 0 Å². The number of carbonyl (C=O) groups is 2. The zero-order valence-corrected chi connectivity index (χ0v) is 15.0. The van der Waals surface area contributed by atoms with Crippen molar-refractivity contribution >= 4 is 23.2 Å². The Morgan fingerprint density at radius 2 is 2.00 bits per heavy atom. The van der Waals surface area contributed by atoms with Crippen LogP contribution in [0.3, 0.4) is 0 Å². The van der Waals surface area contributed by atoms with Crippen LogP contribution in [0.4, 0.5) is 20.2 Å². The first-order chi connectivity index (χ1) is 13.4. The average Bonchev–Trinajstić information content (AvgIpc) is 2.66. The van der Waals surface area contributed by atoms with Crippen molar-refractivity contribution in [1.82, 2.24) is 0 Å². The molecular weight excluding hydrogens is 368 g/mol. The van der Waals surface area contributed by atoms with Crippen LogP contribution in [-0.2, 0) is 16.0 Å². The number of ether oxygens (including phenoxy) is 1. The summed E-state index contributed by atoms with van der Waals surface area (Å²) in [5.41, 5.74) is 6.71. The molecule has 0 saturated carbocycles. The van der Waals surface area contributed by atoms with Gasteiger partial charge in [-0.25, -0.2) is 8.78 Å². The molecule has 2 aromatic rings. The van der Waals surface area contributed by atoms with Crippen LogP contribution < -0.4 is 20.3 Å². The number of aryl methyl sites for hydroxylation is 1. The predicted octanol–water partition coefficient (Wildman–Crippen LogP) is 2.00. The van der Waals surface area contributed by atoms with Gasteiger partial charge < -0.3 is 20.3 Å². The Hall–Kier alpha value is -3.16. The standard InChI is InChI=1S/C20H19F2N3O3/c21-13-8-12-4-3-7-24(19(12)14(22)9-13)11-18(26)25-10-17(20(23)27)28-16-6-2-1-5-15(16)25/h1-2,5-6,8-9,17H,3-4,7,10-11H2,(H2,23,27). The summed E-state index contributed by atoms with van der Waals surface area (Å²) in [5.74, 6) is -1.91. The Morgan fingerprint density at radius 3 is 2.79 bits per heavy atom. The number of rotatable bonds is 3. The highest BCUT2D eigenvalue weighted by molar-refractivity contribution is 5.99. The van der Waals surface area contributed by atoms with E-state index in [1.165, 1.54) is 11.0 Å². The van der Waals surface area contributed by atoms with Gasteiger partial charge in [-0.3, -0.25) is 9.59 Å². The highest BCUT2D eigenvalue weighted by Gasteiger charge is 2.34. The van der Waals surface area contributed by atoms with Crippen molar-refractivity contribution in [2.45, 2.75) is 18.9 Å². The number of halogens is 2.